The summed E-state index contributed by atoms with van der Waals surface area (Å²) < 4.78 is 0. The van der Waals surface area contributed by atoms with Crippen LogP contribution < -0.4 is 16.8 Å². The van der Waals surface area contributed by atoms with Gasteiger partial charge in [-0.25, -0.2) is 0 Å². The molecule has 0 radical (unpaired) electrons. The van der Waals surface area contributed by atoms with Gasteiger partial charge in [-0.2, -0.15) is 15.0 Å². The summed E-state index contributed by atoms with van der Waals surface area (Å²) in [5, 5.41) is 2.88. The second-order valence-electron chi connectivity index (χ2n) is 4.83. The maximum Gasteiger partial charge on any atom is 0.233 e. The normalized spacial score (nSPS) is 13.1. The predicted octanol–water partition coefficient (Wildman–Crippen LogP) is 0.431. The number of nitrogens with zero attached hydrogens (tertiary/aromatic N) is 3. The van der Waals surface area contributed by atoms with Gasteiger partial charge in [-0.1, -0.05) is 11.8 Å². The molecule has 1 heterocycles. The third kappa shape index (κ3) is 4.74. The quantitative estimate of drug-likeness (QED) is 0.681. The summed E-state index contributed by atoms with van der Waals surface area (Å²) in [6.07, 6.45) is 0. The highest BCUT2D eigenvalue weighted by atomic mass is 32.2. The van der Waals surface area contributed by atoms with E-state index in [0.717, 1.165) is 0 Å². The molecule has 1 aromatic heterocycles. The van der Waals surface area contributed by atoms with Crippen LogP contribution in [0, 0.1) is 0 Å². The third-order valence-corrected chi connectivity index (χ3v) is 2.76. The van der Waals surface area contributed by atoms with Crippen molar-refractivity contribution in [3.63, 3.8) is 0 Å². The highest BCUT2D eigenvalue weighted by molar-refractivity contribution is 8.00. The van der Waals surface area contributed by atoms with E-state index in [2.05, 4.69) is 20.3 Å². The fourth-order valence-electron chi connectivity index (χ4n) is 1.12. The maximum absolute atomic E-state index is 11.9. The van der Waals surface area contributed by atoms with Crippen LogP contribution in [0.4, 0.5) is 11.9 Å². The van der Waals surface area contributed by atoms with E-state index in [0.29, 0.717) is 5.16 Å². The van der Waals surface area contributed by atoms with Gasteiger partial charge in [0.05, 0.1) is 5.25 Å². The Hall–Kier alpha value is -1.57. The number of carbonyl (C=O) groups excluding carboxylic acids is 1. The molecule has 0 fully saturated rings. The van der Waals surface area contributed by atoms with Crippen molar-refractivity contribution in [1.82, 2.24) is 20.3 Å². The van der Waals surface area contributed by atoms with Crippen molar-refractivity contribution in [3.05, 3.63) is 0 Å². The maximum atomic E-state index is 11.9. The monoisotopic (exact) mass is 270 g/mol. The molecule has 7 nitrogen and oxygen atoms in total. The number of rotatable bonds is 3. The highest BCUT2D eigenvalue weighted by Crippen LogP contribution is 2.20. The van der Waals surface area contributed by atoms with Gasteiger partial charge >= 0.3 is 0 Å². The number of aromatic nitrogens is 3. The second-order valence-corrected chi connectivity index (χ2v) is 6.14. The van der Waals surface area contributed by atoms with Crippen LogP contribution in [0.3, 0.4) is 0 Å². The summed E-state index contributed by atoms with van der Waals surface area (Å²) in [5.41, 5.74) is 10.6. The van der Waals surface area contributed by atoms with Gasteiger partial charge in [0, 0.05) is 5.54 Å². The van der Waals surface area contributed by atoms with Gasteiger partial charge in [0.2, 0.25) is 17.8 Å². The molecule has 0 unspecified atom stereocenters. The minimum absolute atomic E-state index is 0.0495. The summed E-state index contributed by atoms with van der Waals surface area (Å²) in [5.74, 6) is 0.00640. The summed E-state index contributed by atoms with van der Waals surface area (Å²) in [6, 6.07) is 0. The van der Waals surface area contributed by atoms with E-state index in [1.165, 1.54) is 11.8 Å². The summed E-state index contributed by atoms with van der Waals surface area (Å²) in [7, 11) is 0. The lowest BCUT2D eigenvalue weighted by Crippen LogP contribution is -2.44. The van der Waals surface area contributed by atoms with E-state index in [1.54, 1.807) is 6.92 Å². The van der Waals surface area contributed by atoms with Crippen LogP contribution in [0.2, 0.25) is 0 Å². The number of carbonyl (C=O) groups is 1. The zero-order chi connectivity index (χ0) is 13.9. The fourth-order valence-corrected chi connectivity index (χ4v) is 1.90. The van der Waals surface area contributed by atoms with Crippen molar-refractivity contribution < 1.29 is 4.79 Å². The van der Waals surface area contributed by atoms with Crippen molar-refractivity contribution in [2.75, 3.05) is 11.5 Å². The van der Waals surface area contributed by atoms with E-state index >= 15 is 0 Å². The van der Waals surface area contributed by atoms with Crippen molar-refractivity contribution >= 4 is 29.6 Å². The number of hydrogen-bond donors (Lipinski definition) is 3. The molecule has 1 atom stereocenters. The zero-order valence-electron chi connectivity index (χ0n) is 10.9. The molecule has 5 N–H and O–H groups in total. The Morgan fingerprint density at radius 1 is 1.22 bits per heavy atom. The Morgan fingerprint density at radius 2 is 1.72 bits per heavy atom. The van der Waals surface area contributed by atoms with Gasteiger partial charge in [-0.3, -0.25) is 4.79 Å². The molecule has 8 heteroatoms. The lowest BCUT2D eigenvalue weighted by molar-refractivity contribution is -0.121. The van der Waals surface area contributed by atoms with Crippen molar-refractivity contribution in [2.24, 2.45) is 0 Å². The Kier molecular flexibility index (Phi) is 4.33. The van der Waals surface area contributed by atoms with E-state index in [-0.39, 0.29) is 28.6 Å². The van der Waals surface area contributed by atoms with E-state index in [9.17, 15) is 4.79 Å². The largest absolute Gasteiger partial charge is 0.368 e. The van der Waals surface area contributed by atoms with E-state index < -0.39 is 0 Å². The van der Waals surface area contributed by atoms with Gasteiger partial charge < -0.3 is 16.8 Å². The van der Waals surface area contributed by atoms with Crippen LogP contribution in [-0.2, 0) is 4.79 Å². The topological polar surface area (TPSA) is 120 Å². The number of nitrogens with one attached hydrogen (secondary N) is 1. The Labute approximate surface area is 110 Å². The third-order valence-electron chi connectivity index (χ3n) is 1.80. The fraction of sp³-hybridized carbons (Fsp3) is 0.600. The van der Waals surface area contributed by atoms with Crippen LogP contribution in [0.25, 0.3) is 0 Å². The molecule has 1 amide bonds. The summed E-state index contributed by atoms with van der Waals surface area (Å²) >= 11 is 1.19. The molecular weight excluding hydrogens is 252 g/mol. The van der Waals surface area contributed by atoms with Gasteiger partial charge in [0.1, 0.15) is 0 Å². The molecule has 0 saturated carbocycles. The van der Waals surface area contributed by atoms with Crippen LogP contribution in [-0.4, -0.2) is 31.6 Å². The van der Waals surface area contributed by atoms with Crippen LogP contribution >= 0.6 is 11.8 Å². The van der Waals surface area contributed by atoms with E-state index in [4.69, 9.17) is 11.5 Å². The number of anilines is 2. The van der Waals surface area contributed by atoms with Gasteiger partial charge in [-0.15, -0.1) is 0 Å². The van der Waals surface area contributed by atoms with Crippen molar-refractivity contribution in [2.45, 2.75) is 43.6 Å². The predicted molar refractivity (Wildman–Crippen MR) is 71.9 cm³/mol. The second kappa shape index (κ2) is 5.38. The summed E-state index contributed by atoms with van der Waals surface area (Å²) in [6.45, 7) is 7.52. The number of thioether (sulfide) groups is 1. The van der Waals surface area contributed by atoms with Crippen LogP contribution in [0.1, 0.15) is 27.7 Å². The minimum Gasteiger partial charge on any atom is -0.368 e. The number of nitrogens with two attached hydrogens (primary N) is 2. The molecule has 100 valence electrons. The molecule has 0 aliphatic carbocycles. The molecule has 0 aliphatic rings. The molecule has 0 aliphatic heterocycles. The average molecular weight is 270 g/mol. The van der Waals surface area contributed by atoms with Crippen LogP contribution in [0.15, 0.2) is 5.16 Å². The van der Waals surface area contributed by atoms with E-state index in [1.807, 2.05) is 20.8 Å². The lowest BCUT2D eigenvalue weighted by Gasteiger charge is -2.22. The first-order chi connectivity index (χ1) is 8.17. The zero-order valence-corrected chi connectivity index (χ0v) is 11.7. The standard InChI is InChI=1S/C10H18N6OS/c1-5(6(17)16-10(2,3)4)18-9-14-7(11)13-8(12)15-9/h5H,1-4H3,(H,16,17)(H4,11,12,13,14,15)/t5-/m1/s1. The Balaban J connectivity index is 2.69. The minimum atomic E-state index is -0.342. The molecular formula is C10H18N6OS. The van der Waals surface area contributed by atoms with Gasteiger partial charge in [0.15, 0.2) is 5.16 Å². The lowest BCUT2D eigenvalue weighted by atomic mass is 10.1. The number of amides is 1. The average Bonchev–Trinajstić information content (AvgIpc) is 2.12. The molecule has 1 aromatic rings. The smallest absolute Gasteiger partial charge is 0.233 e. The van der Waals surface area contributed by atoms with Crippen molar-refractivity contribution in [3.8, 4) is 0 Å². The van der Waals surface area contributed by atoms with Crippen LogP contribution in [0.5, 0.6) is 0 Å². The first kappa shape index (κ1) is 14.5. The first-order valence-corrected chi connectivity index (χ1v) is 6.31. The Bertz CT molecular complexity index is 424. The molecule has 18 heavy (non-hydrogen) atoms. The van der Waals surface area contributed by atoms with Gasteiger partial charge in [0.25, 0.3) is 0 Å². The molecule has 0 saturated heterocycles. The number of hydrogen-bond acceptors (Lipinski definition) is 7. The Morgan fingerprint density at radius 3 is 2.17 bits per heavy atom. The molecule has 0 bridgehead atoms. The first-order valence-electron chi connectivity index (χ1n) is 5.43. The van der Waals surface area contributed by atoms with Gasteiger partial charge in [-0.05, 0) is 27.7 Å². The molecule has 0 aromatic carbocycles. The number of nitrogen functional groups attached to an aromatic ring is 2. The van der Waals surface area contributed by atoms with Crippen molar-refractivity contribution in [1.29, 1.82) is 0 Å². The molecule has 0 spiro atoms. The highest BCUT2D eigenvalue weighted by Gasteiger charge is 2.21. The SMILES string of the molecule is C[C@@H](Sc1nc(N)nc(N)n1)C(=O)NC(C)(C)C. The molecule has 1 rings (SSSR count). The summed E-state index contributed by atoms with van der Waals surface area (Å²) in [4.78, 5) is 23.4.